The Balaban J connectivity index is 1.69. The Kier molecular flexibility index (Phi) is 6.17. The van der Waals surface area contributed by atoms with Crippen LogP contribution >= 0.6 is 0 Å². The Labute approximate surface area is 190 Å². The lowest BCUT2D eigenvalue weighted by atomic mass is 10.00. The number of amides is 1. The number of fused-ring (bicyclic) bond motifs is 1. The average molecular weight is 450 g/mol. The Hall–Kier alpha value is -4.07. The fourth-order valence-corrected chi connectivity index (χ4v) is 3.87. The van der Waals surface area contributed by atoms with Crippen molar-refractivity contribution in [1.29, 1.82) is 0 Å². The molecule has 1 aliphatic carbocycles. The summed E-state index contributed by atoms with van der Waals surface area (Å²) in [5.41, 5.74) is 4.88. The fourth-order valence-electron chi connectivity index (χ4n) is 3.87. The lowest BCUT2D eigenvalue weighted by Crippen LogP contribution is -2.27. The number of rotatable bonds is 7. The zero-order chi connectivity index (χ0) is 23.5. The molecule has 170 valence electrons. The molecule has 7 nitrogen and oxygen atoms in total. The predicted octanol–water partition coefficient (Wildman–Crippen LogP) is 4.22. The second kappa shape index (κ2) is 9.20. The second-order valence-corrected chi connectivity index (χ2v) is 7.50. The normalized spacial score (nSPS) is 13.9. The number of ether oxygens (including phenoxy) is 2. The molecule has 0 aliphatic heterocycles. The van der Waals surface area contributed by atoms with Gasteiger partial charge in [0.05, 0.1) is 20.4 Å². The zero-order valence-electron chi connectivity index (χ0n) is 18.4. The number of hydrogen-bond acceptors (Lipinski definition) is 6. The molecular weight excluding hydrogens is 427 g/mol. The first-order valence-corrected chi connectivity index (χ1v) is 10.2. The van der Waals surface area contributed by atoms with Crippen molar-refractivity contribution in [2.75, 3.05) is 20.8 Å². The minimum Gasteiger partial charge on any atom is -0.502 e. The molecule has 1 amide bonds. The number of benzene rings is 2. The van der Waals surface area contributed by atoms with Crippen molar-refractivity contribution in [3.63, 3.8) is 0 Å². The molecule has 4 rings (SSSR count). The molecule has 0 bridgehead atoms. The number of halogens is 1. The second-order valence-electron chi connectivity index (χ2n) is 7.50. The molecule has 0 saturated carbocycles. The molecule has 8 heteroatoms. The van der Waals surface area contributed by atoms with E-state index in [1.807, 2.05) is 13.0 Å². The van der Waals surface area contributed by atoms with Crippen LogP contribution in [0.1, 0.15) is 29.5 Å². The first kappa shape index (κ1) is 22.1. The Bertz CT molecular complexity index is 1240. The summed E-state index contributed by atoms with van der Waals surface area (Å²) in [7, 11) is 2.92. The van der Waals surface area contributed by atoms with E-state index in [0.29, 0.717) is 11.5 Å². The van der Waals surface area contributed by atoms with Crippen LogP contribution in [0.15, 0.2) is 52.8 Å². The Morgan fingerprint density at radius 2 is 1.91 bits per heavy atom. The van der Waals surface area contributed by atoms with Crippen LogP contribution in [-0.2, 0) is 11.2 Å². The van der Waals surface area contributed by atoms with E-state index in [2.05, 4.69) is 10.3 Å². The van der Waals surface area contributed by atoms with E-state index >= 15 is 0 Å². The SMILES string of the molecule is COc1cc(/C=C2/C(C)=C(CNC(=O)Cc3ncco3)c3cc(F)ccc32)cc(OC)c1O. The highest BCUT2D eigenvalue weighted by Gasteiger charge is 2.25. The highest BCUT2D eigenvalue weighted by atomic mass is 19.1. The quantitative estimate of drug-likeness (QED) is 0.560. The fraction of sp³-hybridized carbons (Fsp3) is 0.200. The van der Waals surface area contributed by atoms with Crippen molar-refractivity contribution >= 4 is 23.1 Å². The third kappa shape index (κ3) is 4.45. The number of methoxy groups -OCH3 is 2. The number of hydrogen-bond donors (Lipinski definition) is 2. The molecule has 0 fully saturated rings. The smallest absolute Gasteiger partial charge is 0.229 e. The molecule has 0 unspecified atom stereocenters. The van der Waals surface area contributed by atoms with Crippen LogP contribution in [0.5, 0.6) is 17.2 Å². The molecule has 0 radical (unpaired) electrons. The first-order valence-electron chi connectivity index (χ1n) is 10.2. The first-order chi connectivity index (χ1) is 15.9. The third-order valence-corrected chi connectivity index (χ3v) is 5.52. The monoisotopic (exact) mass is 450 g/mol. The lowest BCUT2D eigenvalue weighted by Gasteiger charge is -2.11. The van der Waals surface area contributed by atoms with Gasteiger partial charge in [-0.2, -0.15) is 0 Å². The maximum Gasteiger partial charge on any atom is 0.229 e. The van der Waals surface area contributed by atoms with Gasteiger partial charge in [0.1, 0.15) is 18.5 Å². The van der Waals surface area contributed by atoms with Crippen LogP contribution < -0.4 is 14.8 Å². The van der Waals surface area contributed by atoms with Crippen LogP contribution in [0.3, 0.4) is 0 Å². The molecule has 0 saturated heterocycles. The molecular formula is C25H23FN2O5. The van der Waals surface area contributed by atoms with Crippen molar-refractivity contribution in [2.45, 2.75) is 13.3 Å². The van der Waals surface area contributed by atoms with Gasteiger partial charge in [0.25, 0.3) is 0 Å². The van der Waals surface area contributed by atoms with Crippen molar-refractivity contribution in [3.05, 3.63) is 76.8 Å². The average Bonchev–Trinajstić information content (AvgIpc) is 3.39. The number of phenols is 1. The molecule has 3 aromatic rings. The van der Waals surface area contributed by atoms with Gasteiger partial charge < -0.3 is 24.3 Å². The third-order valence-electron chi connectivity index (χ3n) is 5.52. The summed E-state index contributed by atoms with van der Waals surface area (Å²) in [6.07, 6.45) is 4.83. The number of carbonyl (C=O) groups excluding carboxylic acids is 1. The van der Waals surface area contributed by atoms with Crippen molar-refractivity contribution < 1.29 is 28.2 Å². The van der Waals surface area contributed by atoms with E-state index in [1.54, 1.807) is 18.2 Å². The minimum atomic E-state index is -0.362. The van der Waals surface area contributed by atoms with Gasteiger partial charge in [-0.3, -0.25) is 4.79 Å². The van der Waals surface area contributed by atoms with E-state index < -0.39 is 0 Å². The summed E-state index contributed by atoms with van der Waals surface area (Å²) in [6.45, 7) is 2.15. The number of phenolic OH excluding ortho intramolecular Hbond substituents is 1. The lowest BCUT2D eigenvalue weighted by molar-refractivity contribution is -0.120. The van der Waals surface area contributed by atoms with Crippen molar-refractivity contribution in [2.24, 2.45) is 0 Å². The van der Waals surface area contributed by atoms with Gasteiger partial charge in [0.15, 0.2) is 11.5 Å². The predicted molar refractivity (Wildman–Crippen MR) is 121 cm³/mol. The Morgan fingerprint density at radius 1 is 1.18 bits per heavy atom. The summed E-state index contributed by atoms with van der Waals surface area (Å²) in [4.78, 5) is 16.3. The molecule has 2 N–H and O–H groups in total. The number of nitrogens with one attached hydrogen (secondary N) is 1. The minimum absolute atomic E-state index is 0.0190. The van der Waals surface area contributed by atoms with Crippen molar-refractivity contribution in [3.8, 4) is 17.2 Å². The van der Waals surface area contributed by atoms with Crippen molar-refractivity contribution in [1.82, 2.24) is 10.3 Å². The van der Waals surface area contributed by atoms with E-state index in [1.165, 1.54) is 38.8 Å². The Morgan fingerprint density at radius 3 is 2.55 bits per heavy atom. The number of allylic oxidation sites excluding steroid dienone is 2. The van der Waals surface area contributed by atoms with Gasteiger partial charge in [-0.15, -0.1) is 0 Å². The number of aromatic hydroxyl groups is 1. The van der Waals surface area contributed by atoms with Gasteiger partial charge in [-0.1, -0.05) is 6.07 Å². The highest BCUT2D eigenvalue weighted by Crippen LogP contribution is 2.44. The summed E-state index contributed by atoms with van der Waals surface area (Å²) in [6, 6.07) is 7.97. The molecule has 1 aliphatic rings. The van der Waals surface area contributed by atoms with Gasteiger partial charge >= 0.3 is 0 Å². The summed E-state index contributed by atoms with van der Waals surface area (Å²) >= 11 is 0. The number of carbonyl (C=O) groups is 1. The largest absolute Gasteiger partial charge is 0.502 e. The van der Waals surface area contributed by atoms with Gasteiger partial charge in [0, 0.05) is 6.54 Å². The summed E-state index contributed by atoms with van der Waals surface area (Å²) in [5, 5.41) is 13.1. The highest BCUT2D eigenvalue weighted by molar-refractivity contribution is 6.06. The van der Waals surface area contributed by atoms with Crippen LogP contribution in [-0.4, -0.2) is 36.8 Å². The van der Waals surface area contributed by atoms with E-state index in [-0.39, 0.29) is 41.9 Å². The maximum atomic E-state index is 14.1. The van der Waals surface area contributed by atoms with E-state index in [4.69, 9.17) is 13.9 Å². The summed E-state index contributed by atoms with van der Waals surface area (Å²) in [5.74, 6) is 0.184. The number of nitrogens with zero attached hydrogens (tertiary/aromatic N) is 1. The van der Waals surface area contributed by atoms with Crippen LogP contribution in [0.25, 0.3) is 17.2 Å². The molecule has 0 atom stereocenters. The summed E-state index contributed by atoms with van der Waals surface area (Å²) < 4.78 is 29.7. The molecule has 33 heavy (non-hydrogen) atoms. The van der Waals surface area contributed by atoms with Crippen LogP contribution in [0.2, 0.25) is 0 Å². The molecule has 1 heterocycles. The number of oxazole rings is 1. The molecule has 0 spiro atoms. The van der Waals surface area contributed by atoms with Crippen LogP contribution in [0.4, 0.5) is 4.39 Å². The topological polar surface area (TPSA) is 93.8 Å². The van der Waals surface area contributed by atoms with Gasteiger partial charge in [0.2, 0.25) is 17.5 Å². The van der Waals surface area contributed by atoms with E-state index in [0.717, 1.165) is 27.8 Å². The van der Waals surface area contributed by atoms with E-state index in [9.17, 15) is 14.3 Å². The molecule has 1 aromatic heterocycles. The number of aromatic nitrogens is 1. The standard InChI is InChI=1S/C25H23FN2O5/c1-14-18(8-15-9-21(31-2)25(30)22(10-15)32-3)17-5-4-16(26)11-19(17)20(14)13-28-23(29)12-24-27-6-7-33-24/h4-11,30H,12-13H2,1-3H3,(H,28,29)/b18-8-. The molecule has 2 aromatic carbocycles. The van der Waals surface area contributed by atoms with Gasteiger partial charge in [-0.25, -0.2) is 9.37 Å². The maximum absolute atomic E-state index is 14.1. The van der Waals surface area contributed by atoms with Crippen LogP contribution in [0, 0.1) is 5.82 Å². The van der Waals surface area contributed by atoms with Gasteiger partial charge in [-0.05, 0) is 70.7 Å². The zero-order valence-corrected chi connectivity index (χ0v) is 18.4.